The minimum Gasteiger partial charge on any atom is -0.449 e. The third kappa shape index (κ3) is 4.45. The van der Waals surface area contributed by atoms with Crippen LogP contribution in [0.4, 0.5) is 9.18 Å². The van der Waals surface area contributed by atoms with Crippen LogP contribution in [0, 0.1) is 11.7 Å². The molecule has 1 aliphatic rings. The number of carbonyl (C=O) groups excluding carboxylic acids is 2. The molecule has 1 aromatic carbocycles. The average molecular weight is 375 g/mol. The van der Waals surface area contributed by atoms with Crippen LogP contribution in [0.5, 0.6) is 0 Å². The Morgan fingerprint density at radius 3 is 2.52 bits per heavy atom. The van der Waals surface area contributed by atoms with E-state index in [1.165, 1.54) is 12.1 Å². The Morgan fingerprint density at radius 2 is 1.85 bits per heavy atom. The van der Waals surface area contributed by atoms with Gasteiger partial charge < -0.3 is 19.1 Å². The number of benzene rings is 1. The highest BCUT2D eigenvalue weighted by Gasteiger charge is 2.27. The molecule has 0 saturated carbocycles. The number of hydrogen-bond acceptors (Lipinski definition) is 5. The summed E-state index contributed by atoms with van der Waals surface area (Å²) in [7, 11) is 0. The fourth-order valence-corrected chi connectivity index (χ4v) is 2.75. The van der Waals surface area contributed by atoms with Gasteiger partial charge in [-0.15, -0.1) is 0 Å². The number of hydrogen-bond donors (Lipinski definition) is 0. The van der Waals surface area contributed by atoms with Crippen LogP contribution in [-0.2, 0) is 4.74 Å². The van der Waals surface area contributed by atoms with Crippen molar-refractivity contribution >= 4 is 12.0 Å². The van der Waals surface area contributed by atoms with Crippen LogP contribution < -0.4 is 0 Å². The highest BCUT2D eigenvalue weighted by atomic mass is 19.1. The first-order chi connectivity index (χ1) is 13.0. The molecule has 0 bridgehead atoms. The number of rotatable bonds is 4. The molecular weight excluding hydrogens is 353 g/mol. The maximum absolute atomic E-state index is 13.8. The predicted molar refractivity (Wildman–Crippen MR) is 95.6 cm³/mol. The Kier molecular flexibility index (Phi) is 5.73. The molecule has 0 aliphatic carbocycles. The van der Waals surface area contributed by atoms with Crippen molar-refractivity contribution in [1.29, 1.82) is 0 Å². The van der Waals surface area contributed by atoms with Crippen molar-refractivity contribution in [3.8, 4) is 11.3 Å². The predicted octanol–water partition coefficient (Wildman–Crippen LogP) is 3.03. The Morgan fingerprint density at radius 1 is 1.19 bits per heavy atom. The second-order valence-corrected chi connectivity index (χ2v) is 6.81. The minimum atomic E-state index is -0.443. The van der Waals surface area contributed by atoms with Crippen molar-refractivity contribution < 1.29 is 23.2 Å². The molecule has 0 N–H and O–H groups in total. The van der Waals surface area contributed by atoms with Gasteiger partial charge in [-0.3, -0.25) is 4.79 Å². The van der Waals surface area contributed by atoms with E-state index >= 15 is 0 Å². The first-order valence-electron chi connectivity index (χ1n) is 8.88. The number of amides is 2. The number of carbonyl (C=O) groups is 2. The molecule has 1 fully saturated rings. The molecule has 1 saturated heterocycles. The van der Waals surface area contributed by atoms with E-state index in [2.05, 4.69) is 5.16 Å². The summed E-state index contributed by atoms with van der Waals surface area (Å²) in [5.74, 6) is -0.280. The Balaban J connectivity index is 1.59. The van der Waals surface area contributed by atoms with Gasteiger partial charge in [0.15, 0.2) is 11.5 Å². The maximum atomic E-state index is 13.8. The van der Waals surface area contributed by atoms with Gasteiger partial charge in [-0.05, 0) is 18.1 Å². The molecule has 2 amide bonds. The van der Waals surface area contributed by atoms with Crippen molar-refractivity contribution in [3.05, 3.63) is 41.8 Å². The first kappa shape index (κ1) is 18.9. The topological polar surface area (TPSA) is 75.9 Å². The van der Waals surface area contributed by atoms with Crippen LogP contribution in [0.2, 0.25) is 0 Å². The van der Waals surface area contributed by atoms with Gasteiger partial charge in [0.2, 0.25) is 0 Å². The molecule has 2 heterocycles. The quantitative estimate of drug-likeness (QED) is 0.821. The summed E-state index contributed by atoms with van der Waals surface area (Å²) < 4.78 is 24.2. The Labute approximate surface area is 156 Å². The van der Waals surface area contributed by atoms with Crippen molar-refractivity contribution in [3.63, 3.8) is 0 Å². The number of aromatic nitrogens is 1. The second kappa shape index (κ2) is 8.20. The van der Waals surface area contributed by atoms with Crippen LogP contribution >= 0.6 is 0 Å². The molecule has 0 spiro atoms. The third-order valence-corrected chi connectivity index (χ3v) is 4.23. The van der Waals surface area contributed by atoms with Gasteiger partial charge in [-0.2, -0.15) is 0 Å². The largest absolute Gasteiger partial charge is 0.449 e. The van der Waals surface area contributed by atoms with Crippen LogP contribution in [0.3, 0.4) is 0 Å². The normalized spacial score (nSPS) is 14.5. The SMILES string of the molecule is CC(C)COC(=O)N1CCN(C(=O)c2cc(-c3ccccc3F)on2)CC1. The monoisotopic (exact) mass is 375 g/mol. The lowest BCUT2D eigenvalue weighted by atomic mass is 10.1. The minimum absolute atomic E-state index is 0.115. The van der Waals surface area contributed by atoms with E-state index in [1.807, 2.05) is 13.8 Å². The second-order valence-electron chi connectivity index (χ2n) is 6.81. The molecule has 0 radical (unpaired) electrons. The summed E-state index contributed by atoms with van der Waals surface area (Å²) in [6, 6.07) is 7.57. The zero-order chi connectivity index (χ0) is 19.4. The van der Waals surface area contributed by atoms with Crippen LogP contribution in [-0.4, -0.2) is 59.7 Å². The number of nitrogens with zero attached hydrogens (tertiary/aromatic N) is 3. The van der Waals surface area contributed by atoms with Crippen LogP contribution in [0.1, 0.15) is 24.3 Å². The van der Waals surface area contributed by atoms with Crippen molar-refractivity contribution in [2.75, 3.05) is 32.8 Å². The molecule has 27 heavy (non-hydrogen) atoms. The smallest absolute Gasteiger partial charge is 0.409 e. The van der Waals surface area contributed by atoms with Gasteiger partial charge in [-0.25, -0.2) is 9.18 Å². The van der Waals surface area contributed by atoms with Gasteiger partial charge >= 0.3 is 6.09 Å². The lowest BCUT2D eigenvalue weighted by molar-refractivity contribution is 0.0528. The van der Waals surface area contributed by atoms with Crippen LogP contribution in [0.25, 0.3) is 11.3 Å². The van der Waals surface area contributed by atoms with Crippen molar-refractivity contribution in [2.24, 2.45) is 5.92 Å². The highest BCUT2D eigenvalue weighted by molar-refractivity contribution is 5.93. The maximum Gasteiger partial charge on any atom is 0.409 e. The lowest BCUT2D eigenvalue weighted by Crippen LogP contribution is -2.50. The summed E-state index contributed by atoms with van der Waals surface area (Å²) >= 11 is 0. The first-order valence-corrected chi connectivity index (χ1v) is 8.88. The number of ether oxygens (including phenoxy) is 1. The van der Waals surface area contributed by atoms with Crippen molar-refractivity contribution in [2.45, 2.75) is 13.8 Å². The molecule has 3 rings (SSSR count). The van der Waals surface area contributed by atoms with Gasteiger partial charge in [-0.1, -0.05) is 31.1 Å². The van der Waals surface area contributed by atoms with Crippen LogP contribution in [0.15, 0.2) is 34.9 Å². The summed E-state index contributed by atoms with van der Waals surface area (Å²) in [5.41, 5.74) is 0.367. The Hall–Kier alpha value is -2.90. The molecule has 2 aromatic rings. The van der Waals surface area contributed by atoms with E-state index in [0.717, 1.165) is 0 Å². The molecule has 1 aliphatic heterocycles. The molecule has 0 unspecified atom stereocenters. The van der Waals surface area contributed by atoms with E-state index in [9.17, 15) is 14.0 Å². The van der Waals surface area contributed by atoms with Crippen molar-refractivity contribution in [1.82, 2.24) is 15.0 Å². The van der Waals surface area contributed by atoms with Gasteiger partial charge in [0.1, 0.15) is 5.82 Å². The molecule has 7 nitrogen and oxygen atoms in total. The molecule has 8 heteroatoms. The molecule has 144 valence electrons. The van der Waals surface area contributed by atoms with Gasteiger partial charge in [0.05, 0.1) is 12.2 Å². The van der Waals surface area contributed by atoms with E-state index in [4.69, 9.17) is 9.26 Å². The highest BCUT2D eigenvalue weighted by Crippen LogP contribution is 2.24. The third-order valence-electron chi connectivity index (χ3n) is 4.23. The molecule has 0 atom stereocenters. The fourth-order valence-electron chi connectivity index (χ4n) is 2.75. The van der Waals surface area contributed by atoms with E-state index in [0.29, 0.717) is 32.8 Å². The number of piperazine rings is 1. The lowest BCUT2D eigenvalue weighted by Gasteiger charge is -2.33. The standard InChI is InChI=1S/C19H22FN3O4/c1-13(2)12-26-19(25)23-9-7-22(8-10-23)18(24)16-11-17(27-21-16)14-5-3-4-6-15(14)20/h3-6,11,13H,7-10,12H2,1-2H3. The summed E-state index contributed by atoms with van der Waals surface area (Å²) in [6.45, 7) is 5.83. The van der Waals surface area contributed by atoms with Gasteiger partial charge in [0, 0.05) is 32.2 Å². The summed E-state index contributed by atoms with van der Waals surface area (Å²) in [6.07, 6.45) is -0.362. The van der Waals surface area contributed by atoms with E-state index in [-0.39, 0.29) is 34.9 Å². The average Bonchev–Trinajstić information content (AvgIpc) is 3.16. The fraction of sp³-hybridized carbons (Fsp3) is 0.421. The zero-order valence-corrected chi connectivity index (χ0v) is 15.4. The Bertz CT molecular complexity index is 813. The molecular formula is C19H22FN3O4. The zero-order valence-electron chi connectivity index (χ0n) is 15.4. The summed E-state index contributed by atoms with van der Waals surface area (Å²) in [4.78, 5) is 27.7. The number of halogens is 1. The van der Waals surface area contributed by atoms with Gasteiger partial charge in [0.25, 0.3) is 5.91 Å². The molecule has 1 aromatic heterocycles. The van der Waals surface area contributed by atoms with E-state index in [1.54, 1.807) is 28.0 Å². The van der Waals surface area contributed by atoms with E-state index < -0.39 is 5.82 Å². The summed E-state index contributed by atoms with van der Waals surface area (Å²) in [5, 5.41) is 3.77.